The van der Waals surface area contributed by atoms with Gasteiger partial charge in [0, 0.05) is 39.5 Å². The summed E-state index contributed by atoms with van der Waals surface area (Å²) < 4.78 is 2.91. The first kappa shape index (κ1) is 20.5. The Balaban J connectivity index is 1.60. The molecule has 0 radical (unpaired) electrons. The Labute approximate surface area is 183 Å². The molecular weight excluding hydrogens is 483 g/mol. The Morgan fingerprint density at radius 3 is 2.50 bits per heavy atom. The quantitative estimate of drug-likeness (QED) is 0.410. The van der Waals surface area contributed by atoms with Crippen LogP contribution in [0.3, 0.4) is 0 Å². The highest BCUT2D eigenvalue weighted by atomic mass is 127. The number of anilines is 1. The zero-order valence-corrected chi connectivity index (χ0v) is 18.9. The number of benzene rings is 2. The molecular formula is C21H21IN4OS. The fourth-order valence-electron chi connectivity index (χ4n) is 2.95. The molecule has 1 aromatic heterocycles. The molecule has 0 fully saturated rings. The number of nitrogens with one attached hydrogen (secondary N) is 2. The number of nitrogens with zero attached hydrogens (tertiary/aromatic N) is 2. The van der Waals surface area contributed by atoms with Crippen molar-refractivity contribution in [3.05, 3.63) is 80.2 Å². The van der Waals surface area contributed by atoms with Crippen LogP contribution in [-0.4, -0.2) is 20.8 Å². The van der Waals surface area contributed by atoms with Crippen molar-refractivity contribution in [1.82, 2.24) is 15.1 Å². The van der Waals surface area contributed by atoms with E-state index in [1.165, 1.54) is 16.8 Å². The average Bonchev–Trinajstić information content (AvgIpc) is 2.89. The van der Waals surface area contributed by atoms with Crippen molar-refractivity contribution in [2.45, 2.75) is 20.3 Å². The molecule has 144 valence electrons. The van der Waals surface area contributed by atoms with Crippen LogP contribution in [-0.2, 0) is 13.5 Å². The van der Waals surface area contributed by atoms with E-state index in [1.807, 2.05) is 49.0 Å². The number of halogens is 1. The smallest absolute Gasteiger partial charge is 0.257 e. The maximum atomic E-state index is 12.3. The van der Waals surface area contributed by atoms with Gasteiger partial charge in [0.2, 0.25) is 0 Å². The Hall–Kier alpha value is -2.26. The van der Waals surface area contributed by atoms with E-state index in [-0.39, 0.29) is 11.0 Å². The van der Waals surface area contributed by atoms with Crippen LogP contribution < -0.4 is 10.6 Å². The number of rotatable bonds is 4. The molecule has 0 saturated carbocycles. The second-order valence-electron chi connectivity index (χ2n) is 6.57. The van der Waals surface area contributed by atoms with Gasteiger partial charge in [-0.3, -0.25) is 14.8 Å². The van der Waals surface area contributed by atoms with Crippen LogP contribution in [0.15, 0.2) is 48.5 Å². The third-order valence-corrected chi connectivity index (χ3v) is 5.44. The molecule has 2 aromatic carbocycles. The minimum atomic E-state index is -0.227. The van der Waals surface area contributed by atoms with Gasteiger partial charge in [0.15, 0.2) is 5.11 Å². The standard InChI is InChI=1S/C21H21IN4OS/c1-13-19(14(2)26(3)25-13)11-15-7-9-18(10-8-15)23-21(28)24-20(27)16-5-4-6-17(22)12-16/h4-10,12H,11H2,1-3H3,(H2,23,24,27,28). The number of aryl methyl sites for hydroxylation is 2. The van der Waals surface area contributed by atoms with Gasteiger partial charge in [-0.25, -0.2) is 0 Å². The van der Waals surface area contributed by atoms with Crippen LogP contribution in [0.5, 0.6) is 0 Å². The third-order valence-electron chi connectivity index (χ3n) is 4.57. The molecule has 0 aliphatic carbocycles. The fraction of sp³-hybridized carbons (Fsp3) is 0.190. The molecule has 3 aromatic rings. The highest BCUT2D eigenvalue weighted by Gasteiger charge is 2.11. The SMILES string of the molecule is Cc1nn(C)c(C)c1Cc1ccc(NC(=S)NC(=O)c2cccc(I)c2)cc1. The summed E-state index contributed by atoms with van der Waals surface area (Å²) in [5, 5.41) is 10.5. The monoisotopic (exact) mass is 504 g/mol. The summed E-state index contributed by atoms with van der Waals surface area (Å²) in [5.74, 6) is -0.227. The second kappa shape index (κ2) is 8.83. The predicted octanol–water partition coefficient (Wildman–Crippen LogP) is 4.36. The highest BCUT2D eigenvalue weighted by molar-refractivity contribution is 14.1. The number of carbonyl (C=O) groups is 1. The van der Waals surface area contributed by atoms with Gasteiger partial charge in [0.05, 0.1) is 5.69 Å². The topological polar surface area (TPSA) is 59.0 Å². The van der Waals surface area contributed by atoms with Gasteiger partial charge in [-0.15, -0.1) is 0 Å². The van der Waals surface area contributed by atoms with Crippen molar-refractivity contribution in [3.63, 3.8) is 0 Å². The van der Waals surface area contributed by atoms with Crippen molar-refractivity contribution in [3.8, 4) is 0 Å². The van der Waals surface area contributed by atoms with Crippen LogP contribution in [0.25, 0.3) is 0 Å². The van der Waals surface area contributed by atoms with Gasteiger partial charge in [-0.1, -0.05) is 18.2 Å². The number of hydrogen-bond donors (Lipinski definition) is 2. The van der Waals surface area contributed by atoms with Gasteiger partial charge in [-0.2, -0.15) is 5.10 Å². The normalized spacial score (nSPS) is 10.6. The molecule has 1 amide bonds. The third kappa shape index (κ3) is 4.96. The molecule has 0 aliphatic rings. The van der Waals surface area contributed by atoms with Crippen LogP contribution in [0.1, 0.15) is 32.9 Å². The van der Waals surface area contributed by atoms with Crippen molar-refractivity contribution in [2.24, 2.45) is 7.05 Å². The number of hydrogen-bond acceptors (Lipinski definition) is 3. The summed E-state index contributed by atoms with van der Waals surface area (Å²) in [7, 11) is 1.96. The molecule has 5 nitrogen and oxygen atoms in total. The van der Waals surface area contributed by atoms with Crippen LogP contribution in [0.2, 0.25) is 0 Å². The zero-order valence-electron chi connectivity index (χ0n) is 15.9. The summed E-state index contributed by atoms with van der Waals surface area (Å²) >= 11 is 7.44. The van der Waals surface area contributed by atoms with E-state index in [1.54, 1.807) is 6.07 Å². The average molecular weight is 504 g/mol. The fourth-order valence-corrected chi connectivity index (χ4v) is 3.70. The predicted molar refractivity (Wildman–Crippen MR) is 125 cm³/mol. The molecule has 2 N–H and O–H groups in total. The van der Waals surface area contributed by atoms with Crippen molar-refractivity contribution in [2.75, 3.05) is 5.32 Å². The number of carbonyl (C=O) groups excluding carboxylic acids is 1. The Bertz CT molecular complexity index is 1030. The van der Waals surface area contributed by atoms with Gasteiger partial charge in [-0.05, 0) is 84.6 Å². The first-order chi connectivity index (χ1) is 13.3. The maximum absolute atomic E-state index is 12.3. The summed E-state index contributed by atoms with van der Waals surface area (Å²) in [6, 6.07) is 15.4. The largest absolute Gasteiger partial charge is 0.332 e. The van der Waals surface area contributed by atoms with Crippen LogP contribution >= 0.6 is 34.8 Å². The van der Waals surface area contributed by atoms with Gasteiger partial charge in [0.1, 0.15) is 0 Å². The van der Waals surface area contributed by atoms with E-state index in [9.17, 15) is 4.79 Å². The molecule has 0 atom stereocenters. The Morgan fingerprint density at radius 1 is 1.18 bits per heavy atom. The van der Waals surface area contributed by atoms with Crippen molar-refractivity contribution < 1.29 is 4.79 Å². The molecule has 3 rings (SSSR count). The molecule has 28 heavy (non-hydrogen) atoms. The lowest BCUT2D eigenvalue weighted by Gasteiger charge is -2.10. The number of thiocarbonyl (C=S) groups is 1. The van der Waals surface area contributed by atoms with Gasteiger partial charge >= 0.3 is 0 Å². The maximum Gasteiger partial charge on any atom is 0.257 e. The second-order valence-corrected chi connectivity index (χ2v) is 8.22. The summed E-state index contributed by atoms with van der Waals surface area (Å²) in [6.07, 6.45) is 0.833. The van der Waals surface area contributed by atoms with E-state index in [2.05, 4.69) is 57.4 Å². The summed E-state index contributed by atoms with van der Waals surface area (Å²) in [6.45, 7) is 4.12. The molecule has 0 spiro atoms. The summed E-state index contributed by atoms with van der Waals surface area (Å²) in [5.41, 5.74) is 6.09. The molecule has 0 unspecified atom stereocenters. The minimum absolute atomic E-state index is 0.227. The first-order valence-electron chi connectivity index (χ1n) is 8.79. The molecule has 0 aliphatic heterocycles. The van der Waals surface area contributed by atoms with E-state index in [0.29, 0.717) is 5.56 Å². The molecule has 7 heteroatoms. The first-order valence-corrected chi connectivity index (χ1v) is 10.3. The number of amides is 1. The van der Waals surface area contributed by atoms with Gasteiger partial charge < -0.3 is 5.32 Å². The van der Waals surface area contributed by atoms with Crippen molar-refractivity contribution in [1.29, 1.82) is 0 Å². The number of aromatic nitrogens is 2. The van der Waals surface area contributed by atoms with E-state index in [4.69, 9.17) is 12.2 Å². The minimum Gasteiger partial charge on any atom is -0.332 e. The van der Waals surface area contributed by atoms with Crippen LogP contribution in [0.4, 0.5) is 5.69 Å². The summed E-state index contributed by atoms with van der Waals surface area (Å²) in [4.78, 5) is 12.3. The van der Waals surface area contributed by atoms with Crippen LogP contribution in [0, 0.1) is 17.4 Å². The van der Waals surface area contributed by atoms with Crippen molar-refractivity contribution >= 4 is 51.5 Å². The Morgan fingerprint density at radius 2 is 1.89 bits per heavy atom. The Kier molecular flexibility index (Phi) is 6.46. The van der Waals surface area contributed by atoms with E-state index in [0.717, 1.165) is 21.4 Å². The van der Waals surface area contributed by atoms with E-state index >= 15 is 0 Å². The molecule has 0 bridgehead atoms. The molecule has 1 heterocycles. The lowest BCUT2D eigenvalue weighted by Crippen LogP contribution is -2.34. The highest BCUT2D eigenvalue weighted by Crippen LogP contribution is 2.18. The lowest BCUT2D eigenvalue weighted by atomic mass is 10.0. The zero-order chi connectivity index (χ0) is 20.3. The van der Waals surface area contributed by atoms with E-state index < -0.39 is 0 Å². The molecule has 0 saturated heterocycles. The lowest BCUT2D eigenvalue weighted by molar-refractivity contribution is 0.0977. The van der Waals surface area contributed by atoms with Gasteiger partial charge in [0.25, 0.3) is 5.91 Å².